The second-order valence-corrected chi connectivity index (χ2v) is 7.88. The van der Waals surface area contributed by atoms with Gasteiger partial charge in [0.05, 0.1) is 13.1 Å². The predicted molar refractivity (Wildman–Crippen MR) is 108 cm³/mol. The van der Waals surface area contributed by atoms with Crippen LogP contribution in [-0.4, -0.2) is 25.5 Å². The van der Waals surface area contributed by atoms with Crippen LogP contribution < -0.4 is 10.2 Å². The molecule has 1 amide bonds. The lowest BCUT2D eigenvalue weighted by atomic mass is 9.90. The summed E-state index contributed by atoms with van der Waals surface area (Å²) in [5.41, 5.74) is 5.95. The molecule has 138 valence electrons. The zero-order valence-electron chi connectivity index (χ0n) is 16.3. The quantitative estimate of drug-likeness (QED) is 0.853. The number of carbonyl (C=O) groups is 1. The summed E-state index contributed by atoms with van der Waals surface area (Å²) in [5.74, 6) is 0.891. The average molecular weight is 352 g/mol. The van der Waals surface area contributed by atoms with Crippen molar-refractivity contribution in [3.63, 3.8) is 0 Å². The largest absolute Gasteiger partial charge is 0.327 e. The van der Waals surface area contributed by atoms with E-state index in [1.165, 1.54) is 35.3 Å². The first-order chi connectivity index (χ1) is 12.5. The lowest BCUT2D eigenvalue weighted by molar-refractivity contribution is -0.898. The maximum atomic E-state index is 12.5. The molecule has 0 aromatic heterocycles. The summed E-state index contributed by atoms with van der Waals surface area (Å²) in [6, 6.07) is 15.0. The molecule has 0 unspecified atom stereocenters. The molecular weight excluding hydrogens is 320 g/mol. The van der Waals surface area contributed by atoms with Gasteiger partial charge < -0.3 is 10.2 Å². The molecule has 0 radical (unpaired) electrons. The lowest BCUT2D eigenvalue weighted by Gasteiger charge is -2.29. The smallest absolute Gasteiger partial charge is 0.279 e. The van der Waals surface area contributed by atoms with Crippen LogP contribution in [0.4, 0.5) is 5.69 Å². The highest BCUT2D eigenvalue weighted by molar-refractivity contribution is 5.93. The first-order valence-electron chi connectivity index (χ1n) is 9.76. The van der Waals surface area contributed by atoms with Gasteiger partial charge in [0, 0.05) is 5.69 Å². The summed E-state index contributed by atoms with van der Waals surface area (Å²) in [6.45, 7) is 8.99. The van der Waals surface area contributed by atoms with Crippen LogP contribution in [-0.2, 0) is 11.2 Å². The van der Waals surface area contributed by atoms with E-state index in [0.717, 1.165) is 35.8 Å². The summed E-state index contributed by atoms with van der Waals surface area (Å²) in [5, 5.41) is 3.14. The molecule has 0 spiro atoms. The molecular formula is C23H31N2O+. The molecule has 1 fully saturated rings. The average Bonchev–Trinajstić information content (AvgIpc) is 2.61. The van der Waals surface area contributed by atoms with E-state index in [1.807, 2.05) is 0 Å². The third-order valence-corrected chi connectivity index (χ3v) is 5.53. The summed E-state index contributed by atoms with van der Waals surface area (Å²) < 4.78 is 0. The number of anilines is 1. The third kappa shape index (κ3) is 4.95. The molecule has 1 aliphatic rings. The van der Waals surface area contributed by atoms with Crippen molar-refractivity contribution in [3.05, 3.63) is 64.7 Å². The van der Waals surface area contributed by atoms with E-state index in [4.69, 9.17) is 0 Å². The van der Waals surface area contributed by atoms with Crippen molar-refractivity contribution in [3.8, 4) is 0 Å². The van der Waals surface area contributed by atoms with E-state index >= 15 is 0 Å². The molecule has 0 atom stereocenters. The van der Waals surface area contributed by atoms with E-state index in [-0.39, 0.29) is 5.91 Å². The van der Waals surface area contributed by atoms with Crippen LogP contribution in [0.15, 0.2) is 42.5 Å². The first kappa shape index (κ1) is 18.7. The summed E-state index contributed by atoms with van der Waals surface area (Å²) in [4.78, 5) is 13.9. The highest BCUT2D eigenvalue weighted by Gasteiger charge is 2.24. The van der Waals surface area contributed by atoms with Gasteiger partial charge in [-0.05, 0) is 62.6 Å². The number of piperidine rings is 1. The molecule has 1 saturated heterocycles. The van der Waals surface area contributed by atoms with Gasteiger partial charge in [0.2, 0.25) is 0 Å². The summed E-state index contributed by atoms with van der Waals surface area (Å²) in [6.07, 6.45) is 3.59. The Bertz CT molecular complexity index is 723. The molecule has 2 N–H and O–H groups in total. The molecule has 0 saturated carbocycles. The standard InChI is InChI=1S/C23H30N2O/c1-17-13-18(2)23(19(3)14-17)24-22(26)16-25-11-9-21(10-12-25)15-20-7-5-4-6-8-20/h4-8,13-14,21H,9-12,15-16H2,1-3H3,(H,24,26)/p+1. The Morgan fingerprint density at radius 1 is 1.04 bits per heavy atom. The fourth-order valence-corrected chi connectivity index (χ4v) is 4.20. The predicted octanol–water partition coefficient (Wildman–Crippen LogP) is 3.09. The van der Waals surface area contributed by atoms with Gasteiger partial charge in [0.15, 0.2) is 6.54 Å². The van der Waals surface area contributed by atoms with Gasteiger partial charge >= 0.3 is 0 Å². The van der Waals surface area contributed by atoms with E-state index in [1.54, 1.807) is 0 Å². The maximum absolute atomic E-state index is 12.5. The Balaban J connectivity index is 1.48. The topological polar surface area (TPSA) is 33.5 Å². The highest BCUT2D eigenvalue weighted by atomic mass is 16.2. The minimum Gasteiger partial charge on any atom is -0.327 e. The molecule has 1 aliphatic heterocycles. The monoisotopic (exact) mass is 351 g/mol. The van der Waals surface area contributed by atoms with E-state index in [0.29, 0.717) is 6.54 Å². The Labute approximate surface area is 157 Å². The second kappa shape index (κ2) is 8.50. The number of likely N-dealkylation sites (tertiary alicyclic amines) is 1. The van der Waals surface area contributed by atoms with Crippen molar-refractivity contribution in [2.45, 2.75) is 40.0 Å². The Morgan fingerprint density at radius 3 is 2.27 bits per heavy atom. The SMILES string of the molecule is Cc1cc(C)c(NC(=O)C[NH+]2CCC(Cc3ccccc3)CC2)c(C)c1. The molecule has 3 heteroatoms. The van der Waals surface area contributed by atoms with Crippen LogP contribution in [0, 0.1) is 26.7 Å². The third-order valence-electron chi connectivity index (χ3n) is 5.53. The fraction of sp³-hybridized carbons (Fsp3) is 0.435. The minimum atomic E-state index is 0.136. The van der Waals surface area contributed by atoms with Gasteiger partial charge in [-0.15, -0.1) is 0 Å². The van der Waals surface area contributed by atoms with Gasteiger partial charge in [-0.1, -0.05) is 48.0 Å². The Kier molecular flexibility index (Phi) is 6.10. The first-order valence-corrected chi connectivity index (χ1v) is 9.76. The number of benzene rings is 2. The van der Waals surface area contributed by atoms with Crippen molar-refractivity contribution in [1.82, 2.24) is 0 Å². The molecule has 0 aliphatic carbocycles. The number of carbonyl (C=O) groups excluding carboxylic acids is 1. The normalized spacial score (nSPS) is 20.0. The van der Waals surface area contributed by atoms with Crippen LogP contribution in [0.3, 0.4) is 0 Å². The van der Waals surface area contributed by atoms with Gasteiger partial charge in [-0.25, -0.2) is 0 Å². The zero-order chi connectivity index (χ0) is 18.5. The number of amides is 1. The van der Waals surface area contributed by atoms with Crippen molar-refractivity contribution in [1.29, 1.82) is 0 Å². The molecule has 3 nitrogen and oxygen atoms in total. The summed E-state index contributed by atoms with van der Waals surface area (Å²) in [7, 11) is 0. The molecule has 1 heterocycles. The number of rotatable bonds is 5. The van der Waals surface area contributed by atoms with E-state index in [9.17, 15) is 4.79 Å². The Morgan fingerprint density at radius 2 is 1.65 bits per heavy atom. The van der Waals surface area contributed by atoms with Crippen LogP contribution >= 0.6 is 0 Å². The maximum Gasteiger partial charge on any atom is 0.279 e. The number of nitrogens with one attached hydrogen (secondary N) is 2. The van der Waals surface area contributed by atoms with E-state index in [2.05, 4.69) is 68.6 Å². The number of hydrogen-bond acceptors (Lipinski definition) is 1. The number of quaternary nitrogens is 1. The zero-order valence-corrected chi connectivity index (χ0v) is 16.3. The molecule has 2 aromatic rings. The van der Waals surface area contributed by atoms with Gasteiger partial charge in [-0.3, -0.25) is 4.79 Å². The van der Waals surface area contributed by atoms with Crippen LogP contribution in [0.1, 0.15) is 35.1 Å². The number of aryl methyl sites for hydroxylation is 3. The minimum absolute atomic E-state index is 0.136. The Hall–Kier alpha value is -2.13. The van der Waals surface area contributed by atoms with Crippen molar-refractivity contribution in [2.75, 3.05) is 25.0 Å². The molecule has 0 bridgehead atoms. The molecule has 26 heavy (non-hydrogen) atoms. The van der Waals surface area contributed by atoms with Crippen molar-refractivity contribution < 1.29 is 9.69 Å². The van der Waals surface area contributed by atoms with Crippen LogP contribution in [0.2, 0.25) is 0 Å². The number of hydrogen-bond donors (Lipinski definition) is 2. The molecule has 2 aromatic carbocycles. The van der Waals surface area contributed by atoms with Gasteiger partial charge in [-0.2, -0.15) is 0 Å². The van der Waals surface area contributed by atoms with Crippen molar-refractivity contribution >= 4 is 11.6 Å². The van der Waals surface area contributed by atoms with E-state index < -0.39 is 0 Å². The van der Waals surface area contributed by atoms with Crippen LogP contribution in [0.25, 0.3) is 0 Å². The highest BCUT2D eigenvalue weighted by Crippen LogP contribution is 2.21. The van der Waals surface area contributed by atoms with Gasteiger partial charge in [0.1, 0.15) is 0 Å². The summed E-state index contributed by atoms with van der Waals surface area (Å²) >= 11 is 0. The molecule has 3 rings (SSSR count). The van der Waals surface area contributed by atoms with Crippen molar-refractivity contribution in [2.24, 2.45) is 5.92 Å². The van der Waals surface area contributed by atoms with Crippen LogP contribution in [0.5, 0.6) is 0 Å². The van der Waals surface area contributed by atoms with Gasteiger partial charge in [0.25, 0.3) is 5.91 Å². The lowest BCUT2D eigenvalue weighted by Crippen LogP contribution is -3.14. The fourth-order valence-electron chi connectivity index (χ4n) is 4.20. The second-order valence-electron chi connectivity index (χ2n) is 7.88.